The molecule has 0 radical (unpaired) electrons. The lowest BCUT2D eigenvalue weighted by Gasteiger charge is -2.42. The van der Waals surface area contributed by atoms with Gasteiger partial charge >= 0.3 is 13.1 Å². The van der Waals surface area contributed by atoms with Gasteiger partial charge in [0.25, 0.3) is 0 Å². The van der Waals surface area contributed by atoms with Crippen LogP contribution in [0.25, 0.3) is 0 Å². The molecule has 4 nitrogen and oxygen atoms in total. The van der Waals surface area contributed by atoms with Gasteiger partial charge in [0.2, 0.25) is 0 Å². The van der Waals surface area contributed by atoms with E-state index in [1.165, 1.54) is 6.08 Å². The highest BCUT2D eigenvalue weighted by Crippen LogP contribution is 2.48. The fraction of sp³-hybridized carbons (Fsp3) is 0.800. The Balaban J connectivity index is 2.30. The predicted molar refractivity (Wildman–Crippen MR) is 78.2 cm³/mol. The van der Waals surface area contributed by atoms with Gasteiger partial charge in [0.1, 0.15) is 0 Å². The van der Waals surface area contributed by atoms with Crippen molar-refractivity contribution in [2.45, 2.75) is 71.0 Å². The van der Waals surface area contributed by atoms with Crippen LogP contribution in [0.2, 0.25) is 0 Å². The Kier molecular flexibility index (Phi) is 4.60. The van der Waals surface area contributed by atoms with E-state index < -0.39 is 7.12 Å². The number of hydrogen-bond acceptors (Lipinski definition) is 4. The van der Waals surface area contributed by atoms with Crippen molar-refractivity contribution in [2.24, 2.45) is 0 Å². The van der Waals surface area contributed by atoms with E-state index >= 15 is 0 Å². The minimum Gasteiger partial charge on any atom is -0.462 e. The van der Waals surface area contributed by atoms with Gasteiger partial charge in [-0.2, -0.15) is 0 Å². The van der Waals surface area contributed by atoms with Gasteiger partial charge in [0, 0.05) is 12.5 Å². The number of ether oxygens (including phenoxy) is 1. The van der Waals surface area contributed by atoms with Crippen LogP contribution in [0.4, 0.5) is 0 Å². The standard InChI is InChI=1S/C15H25BO4/c1-5-14(6-2)15(7-3,8-4)20-16(19-14)12-9-10-18-13(17)11-12/h11H,5-10H2,1-4H3. The Morgan fingerprint density at radius 2 is 1.55 bits per heavy atom. The van der Waals surface area contributed by atoms with E-state index in [1.807, 2.05) is 0 Å². The van der Waals surface area contributed by atoms with Crippen LogP contribution in [0, 0.1) is 0 Å². The van der Waals surface area contributed by atoms with E-state index in [0.29, 0.717) is 13.0 Å². The molecule has 20 heavy (non-hydrogen) atoms. The summed E-state index contributed by atoms with van der Waals surface area (Å²) in [7, 11) is -0.400. The fourth-order valence-corrected chi connectivity index (χ4v) is 3.64. The number of carbonyl (C=O) groups excluding carboxylic acids is 1. The number of cyclic esters (lactones) is 1. The molecule has 0 N–H and O–H groups in total. The maximum atomic E-state index is 11.4. The molecule has 0 saturated carbocycles. The molecular formula is C15H25BO4. The second kappa shape index (κ2) is 5.90. The van der Waals surface area contributed by atoms with Gasteiger partial charge in [-0.1, -0.05) is 27.7 Å². The lowest BCUT2D eigenvalue weighted by atomic mass is 9.75. The van der Waals surface area contributed by atoms with Crippen LogP contribution in [0.1, 0.15) is 59.8 Å². The average molecular weight is 280 g/mol. The zero-order chi connectivity index (χ0) is 14.8. The van der Waals surface area contributed by atoms with Crippen molar-refractivity contribution in [1.29, 1.82) is 0 Å². The Morgan fingerprint density at radius 3 is 1.95 bits per heavy atom. The summed E-state index contributed by atoms with van der Waals surface area (Å²) in [6, 6.07) is 0. The molecule has 0 aromatic heterocycles. The van der Waals surface area contributed by atoms with Gasteiger partial charge in [-0.15, -0.1) is 0 Å². The fourth-order valence-electron chi connectivity index (χ4n) is 3.64. The first kappa shape index (κ1) is 15.6. The van der Waals surface area contributed by atoms with Crippen LogP contribution in [0.15, 0.2) is 11.5 Å². The molecule has 2 aliphatic heterocycles. The van der Waals surface area contributed by atoms with E-state index in [4.69, 9.17) is 14.0 Å². The summed E-state index contributed by atoms with van der Waals surface area (Å²) >= 11 is 0. The Hall–Kier alpha value is -0.805. The molecule has 2 heterocycles. The van der Waals surface area contributed by atoms with Crippen LogP contribution in [0.3, 0.4) is 0 Å². The maximum absolute atomic E-state index is 11.4. The molecule has 0 atom stereocenters. The molecule has 5 heteroatoms. The van der Waals surface area contributed by atoms with E-state index in [9.17, 15) is 4.79 Å². The quantitative estimate of drug-likeness (QED) is 0.573. The molecule has 0 aliphatic carbocycles. The number of carbonyl (C=O) groups is 1. The Bertz CT molecular complexity index is 377. The monoisotopic (exact) mass is 280 g/mol. The zero-order valence-electron chi connectivity index (χ0n) is 13.0. The van der Waals surface area contributed by atoms with Gasteiger partial charge in [0.15, 0.2) is 0 Å². The largest absolute Gasteiger partial charge is 0.490 e. The van der Waals surface area contributed by atoms with E-state index in [2.05, 4.69) is 27.7 Å². The minimum absolute atomic E-state index is 0.261. The first-order valence-corrected chi connectivity index (χ1v) is 7.79. The third kappa shape index (κ3) is 2.31. The Morgan fingerprint density at radius 1 is 1.05 bits per heavy atom. The van der Waals surface area contributed by atoms with Gasteiger partial charge in [0.05, 0.1) is 17.8 Å². The van der Waals surface area contributed by atoms with Crippen molar-refractivity contribution < 1.29 is 18.8 Å². The summed E-state index contributed by atoms with van der Waals surface area (Å²) in [6.07, 6.45) is 5.90. The second-order valence-electron chi connectivity index (χ2n) is 5.61. The summed E-state index contributed by atoms with van der Waals surface area (Å²) in [5.41, 5.74) is 0.392. The maximum Gasteiger partial charge on any atom is 0.490 e. The van der Waals surface area contributed by atoms with Crippen molar-refractivity contribution in [2.75, 3.05) is 6.61 Å². The molecule has 0 bridgehead atoms. The molecule has 0 unspecified atom stereocenters. The number of esters is 1. The molecule has 2 rings (SSSR count). The summed E-state index contributed by atoms with van der Waals surface area (Å²) < 4.78 is 17.6. The van der Waals surface area contributed by atoms with Crippen LogP contribution in [-0.4, -0.2) is 30.9 Å². The molecule has 0 spiro atoms. The Labute approximate surface area is 122 Å². The SMILES string of the molecule is CCC1(CC)OB(C2=CC(=O)OCC2)OC1(CC)CC. The highest BCUT2D eigenvalue weighted by Gasteiger charge is 2.59. The molecular weight excluding hydrogens is 255 g/mol. The van der Waals surface area contributed by atoms with Crippen molar-refractivity contribution >= 4 is 13.1 Å². The van der Waals surface area contributed by atoms with Gasteiger partial charge < -0.3 is 14.0 Å². The summed E-state index contributed by atoms with van der Waals surface area (Å²) in [4.78, 5) is 11.4. The first-order chi connectivity index (χ1) is 9.56. The van der Waals surface area contributed by atoms with Gasteiger partial charge in [-0.25, -0.2) is 4.79 Å². The van der Waals surface area contributed by atoms with Crippen LogP contribution >= 0.6 is 0 Å². The third-order valence-corrected chi connectivity index (χ3v) is 5.02. The molecule has 0 amide bonds. The van der Waals surface area contributed by atoms with Crippen molar-refractivity contribution in [3.05, 3.63) is 11.5 Å². The highest BCUT2D eigenvalue weighted by atomic mass is 16.7. The smallest absolute Gasteiger partial charge is 0.462 e. The van der Waals surface area contributed by atoms with Crippen LogP contribution in [0.5, 0.6) is 0 Å². The van der Waals surface area contributed by atoms with E-state index in [0.717, 1.165) is 31.2 Å². The van der Waals surface area contributed by atoms with Crippen molar-refractivity contribution in [3.63, 3.8) is 0 Å². The van der Waals surface area contributed by atoms with Crippen molar-refractivity contribution in [1.82, 2.24) is 0 Å². The normalized spacial score (nSPS) is 24.5. The topological polar surface area (TPSA) is 44.8 Å². The minimum atomic E-state index is -0.400. The van der Waals surface area contributed by atoms with E-state index in [-0.39, 0.29) is 17.2 Å². The molecule has 1 saturated heterocycles. The second-order valence-corrected chi connectivity index (χ2v) is 5.61. The lowest BCUT2D eigenvalue weighted by molar-refractivity contribution is -0.138. The predicted octanol–water partition coefficient (Wildman–Crippen LogP) is 3.05. The lowest BCUT2D eigenvalue weighted by Crippen LogP contribution is -2.50. The summed E-state index contributed by atoms with van der Waals surface area (Å²) in [5.74, 6) is -0.289. The molecule has 2 aliphatic rings. The molecule has 0 aromatic rings. The average Bonchev–Trinajstić information content (AvgIpc) is 2.83. The summed E-state index contributed by atoms with van der Waals surface area (Å²) in [6.45, 7) is 9.03. The van der Waals surface area contributed by atoms with Gasteiger partial charge in [-0.3, -0.25) is 0 Å². The molecule has 0 aromatic carbocycles. The number of rotatable bonds is 5. The highest BCUT2D eigenvalue weighted by molar-refractivity contribution is 6.55. The van der Waals surface area contributed by atoms with Gasteiger partial charge in [-0.05, 0) is 31.2 Å². The van der Waals surface area contributed by atoms with Crippen LogP contribution < -0.4 is 0 Å². The number of hydrogen-bond donors (Lipinski definition) is 0. The first-order valence-electron chi connectivity index (χ1n) is 7.79. The van der Waals surface area contributed by atoms with Crippen LogP contribution in [-0.2, 0) is 18.8 Å². The summed E-state index contributed by atoms with van der Waals surface area (Å²) in [5, 5.41) is 0. The van der Waals surface area contributed by atoms with E-state index in [1.54, 1.807) is 0 Å². The zero-order valence-corrected chi connectivity index (χ0v) is 13.0. The molecule has 112 valence electrons. The molecule has 1 fully saturated rings. The van der Waals surface area contributed by atoms with Crippen molar-refractivity contribution in [3.8, 4) is 0 Å². The third-order valence-electron chi connectivity index (χ3n) is 5.02.